The Morgan fingerprint density at radius 1 is 1.24 bits per heavy atom. The molecule has 0 spiro atoms. The quantitative estimate of drug-likeness (QED) is 0.904. The van der Waals surface area contributed by atoms with E-state index >= 15 is 0 Å². The molecule has 0 aliphatic carbocycles. The van der Waals surface area contributed by atoms with Gasteiger partial charge in [0.2, 0.25) is 5.88 Å². The highest BCUT2D eigenvalue weighted by Gasteiger charge is 2.02. The van der Waals surface area contributed by atoms with Crippen molar-refractivity contribution in [2.45, 2.75) is 6.92 Å². The van der Waals surface area contributed by atoms with Gasteiger partial charge in [-0.25, -0.2) is 0 Å². The van der Waals surface area contributed by atoms with Gasteiger partial charge in [0.15, 0.2) is 0 Å². The van der Waals surface area contributed by atoms with Crippen molar-refractivity contribution in [3.8, 4) is 11.6 Å². The Labute approximate surface area is 104 Å². The molecule has 0 aliphatic heterocycles. The Hall–Kier alpha value is -1.88. The van der Waals surface area contributed by atoms with Gasteiger partial charge in [0.1, 0.15) is 11.6 Å². The van der Waals surface area contributed by atoms with Crippen LogP contribution in [0.25, 0.3) is 0 Å². The van der Waals surface area contributed by atoms with E-state index in [0.717, 1.165) is 6.54 Å². The molecule has 0 unspecified atom stereocenters. The number of nitrogens with one attached hydrogen (secondary N) is 1. The standard InChI is InChI=1S/C11H11ClN4O/c1-2-15-10-6-14-7-11(16-10)17-9-3-8(12)4-13-5-9/h3-7H,2H2,1H3,(H,15,16). The fraction of sp³-hybridized carbons (Fsp3) is 0.182. The van der Waals surface area contributed by atoms with Crippen LogP contribution in [0.3, 0.4) is 0 Å². The van der Waals surface area contributed by atoms with Crippen molar-refractivity contribution < 1.29 is 4.74 Å². The number of pyridine rings is 1. The summed E-state index contributed by atoms with van der Waals surface area (Å²) >= 11 is 5.80. The van der Waals surface area contributed by atoms with Crippen molar-refractivity contribution in [1.82, 2.24) is 15.0 Å². The smallest absolute Gasteiger partial charge is 0.239 e. The van der Waals surface area contributed by atoms with E-state index in [4.69, 9.17) is 16.3 Å². The van der Waals surface area contributed by atoms with Gasteiger partial charge in [0, 0.05) is 18.8 Å². The second-order valence-electron chi connectivity index (χ2n) is 3.21. The minimum atomic E-state index is 0.396. The lowest BCUT2D eigenvalue weighted by Crippen LogP contribution is -2.00. The van der Waals surface area contributed by atoms with Crippen molar-refractivity contribution in [3.05, 3.63) is 35.9 Å². The van der Waals surface area contributed by atoms with Crippen LogP contribution in [0.1, 0.15) is 6.92 Å². The van der Waals surface area contributed by atoms with Gasteiger partial charge >= 0.3 is 0 Å². The van der Waals surface area contributed by atoms with E-state index in [-0.39, 0.29) is 0 Å². The van der Waals surface area contributed by atoms with Crippen molar-refractivity contribution in [1.29, 1.82) is 0 Å². The van der Waals surface area contributed by atoms with Crippen molar-refractivity contribution in [3.63, 3.8) is 0 Å². The summed E-state index contributed by atoms with van der Waals surface area (Å²) in [5, 5.41) is 3.56. The Morgan fingerprint density at radius 2 is 2.06 bits per heavy atom. The minimum absolute atomic E-state index is 0.396. The summed E-state index contributed by atoms with van der Waals surface area (Å²) in [6.07, 6.45) is 6.26. The van der Waals surface area contributed by atoms with Gasteiger partial charge in [-0.15, -0.1) is 0 Å². The number of aromatic nitrogens is 3. The lowest BCUT2D eigenvalue weighted by Gasteiger charge is -2.06. The van der Waals surface area contributed by atoms with Gasteiger partial charge in [-0.2, -0.15) is 4.98 Å². The highest BCUT2D eigenvalue weighted by molar-refractivity contribution is 6.30. The highest BCUT2D eigenvalue weighted by atomic mass is 35.5. The van der Waals surface area contributed by atoms with Gasteiger partial charge in [0.25, 0.3) is 0 Å². The van der Waals surface area contributed by atoms with Crippen molar-refractivity contribution in [2.24, 2.45) is 0 Å². The van der Waals surface area contributed by atoms with E-state index in [2.05, 4.69) is 20.3 Å². The number of nitrogens with zero attached hydrogens (tertiary/aromatic N) is 3. The second kappa shape index (κ2) is 5.45. The predicted octanol–water partition coefficient (Wildman–Crippen LogP) is 2.75. The maximum Gasteiger partial charge on any atom is 0.239 e. The molecule has 2 heterocycles. The molecule has 0 radical (unpaired) electrons. The summed E-state index contributed by atoms with van der Waals surface area (Å²) < 4.78 is 5.49. The lowest BCUT2D eigenvalue weighted by atomic mass is 10.4. The third-order valence-electron chi connectivity index (χ3n) is 1.87. The molecule has 0 aliphatic rings. The molecule has 0 saturated heterocycles. The topological polar surface area (TPSA) is 59.9 Å². The second-order valence-corrected chi connectivity index (χ2v) is 3.65. The fourth-order valence-corrected chi connectivity index (χ4v) is 1.40. The predicted molar refractivity (Wildman–Crippen MR) is 65.5 cm³/mol. The fourth-order valence-electron chi connectivity index (χ4n) is 1.23. The number of hydrogen-bond acceptors (Lipinski definition) is 5. The Kier molecular flexibility index (Phi) is 3.72. The van der Waals surface area contributed by atoms with Crippen LogP contribution >= 0.6 is 11.6 Å². The van der Waals surface area contributed by atoms with E-state index in [1.807, 2.05) is 6.92 Å². The first-order valence-corrected chi connectivity index (χ1v) is 5.50. The van der Waals surface area contributed by atoms with Crippen molar-refractivity contribution >= 4 is 17.4 Å². The molecule has 17 heavy (non-hydrogen) atoms. The first kappa shape index (κ1) is 11.6. The summed E-state index contributed by atoms with van der Waals surface area (Å²) in [5.74, 6) is 1.59. The monoisotopic (exact) mass is 250 g/mol. The van der Waals surface area contributed by atoms with E-state index < -0.39 is 0 Å². The van der Waals surface area contributed by atoms with Crippen LogP contribution in [0.5, 0.6) is 11.6 Å². The summed E-state index contributed by atoms with van der Waals surface area (Å²) in [7, 11) is 0. The zero-order valence-corrected chi connectivity index (χ0v) is 9.98. The van der Waals surface area contributed by atoms with Crippen molar-refractivity contribution in [2.75, 3.05) is 11.9 Å². The first-order valence-electron chi connectivity index (χ1n) is 5.12. The number of halogens is 1. The van der Waals surface area contributed by atoms with Crippen LogP contribution in [0.2, 0.25) is 5.02 Å². The molecule has 88 valence electrons. The average Bonchev–Trinajstić information content (AvgIpc) is 2.30. The SMILES string of the molecule is CCNc1cncc(Oc2cncc(Cl)c2)n1. The normalized spacial score (nSPS) is 10.0. The average molecular weight is 251 g/mol. The third kappa shape index (κ3) is 3.29. The van der Waals surface area contributed by atoms with E-state index in [1.165, 1.54) is 12.4 Å². The molecule has 0 saturated carbocycles. The molecule has 0 aromatic carbocycles. The maximum atomic E-state index is 5.80. The molecule has 2 aromatic heterocycles. The molecule has 0 fully saturated rings. The van der Waals surface area contributed by atoms with E-state index in [0.29, 0.717) is 22.5 Å². The summed E-state index contributed by atoms with van der Waals surface area (Å²) in [5.41, 5.74) is 0. The van der Waals surface area contributed by atoms with Gasteiger partial charge in [-0.3, -0.25) is 9.97 Å². The van der Waals surface area contributed by atoms with Gasteiger partial charge in [0.05, 0.1) is 23.6 Å². The molecular weight excluding hydrogens is 240 g/mol. The zero-order valence-electron chi connectivity index (χ0n) is 9.22. The molecule has 1 N–H and O–H groups in total. The Morgan fingerprint density at radius 3 is 2.82 bits per heavy atom. The highest BCUT2D eigenvalue weighted by Crippen LogP contribution is 2.21. The largest absolute Gasteiger partial charge is 0.436 e. The zero-order chi connectivity index (χ0) is 12.1. The van der Waals surface area contributed by atoms with Crippen LogP contribution in [0.15, 0.2) is 30.9 Å². The number of rotatable bonds is 4. The Balaban J connectivity index is 2.15. The van der Waals surface area contributed by atoms with Crippen LogP contribution < -0.4 is 10.1 Å². The number of anilines is 1. The molecule has 2 aromatic rings. The van der Waals surface area contributed by atoms with E-state index in [1.54, 1.807) is 18.5 Å². The molecule has 2 rings (SSSR count). The molecular formula is C11H11ClN4O. The van der Waals surface area contributed by atoms with Crippen LogP contribution in [-0.4, -0.2) is 21.5 Å². The van der Waals surface area contributed by atoms with Gasteiger partial charge < -0.3 is 10.1 Å². The van der Waals surface area contributed by atoms with Gasteiger partial charge in [-0.1, -0.05) is 11.6 Å². The molecule has 5 nitrogen and oxygen atoms in total. The molecule has 0 amide bonds. The number of hydrogen-bond donors (Lipinski definition) is 1. The van der Waals surface area contributed by atoms with Crippen LogP contribution in [-0.2, 0) is 0 Å². The summed E-state index contributed by atoms with van der Waals surface area (Å²) in [4.78, 5) is 12.2. The maximum absolute atomic E-state index is 5.80. The number of ether oxygens (including phenoxy) is 1. The summed E-state index contributed by atoms with van der Waals surface area (Å²) in [6, 6.07) is 1.66. The molecule has 0 bridgehead atoms. The van der Waals surface area contributed by atoms with Crippen LogP contribution in [0, 0.1) is 0 Å². The lowest BCUT2D eigenvalue weighted by molar-refractivity contribution is 0.459. The van der Waals surface area contributed by atoms with E-state index in [9.17, 15) is 0 Å². The van der Waals surface area contributed by atoms with Gasteiger partial charge in [-0.05, 0) is 6.92 Å². The summed E-state index contributed by atoms with van der Waals surface area (Å²) in [6.45, 7) is 2.76. The third-order valence-corrected chi connectivity index (χ3v) is 2.08. The molecule has 0 atom stereocenters. The first-order chi connectivity index (χ1) is 8.28. The van der Waals surface area contributed by atoms with Crippen LogP contribution in [0.4, 0.5) is 5.82 Å². The molecule has 6 heteroatoms. The Bertz CT molecular complexity index is 506. The minimum Gasteiger partial charge on any atom is -0.436 e.